The van der Waals surface area contributed by atoms with Crippen molar-refractivity contribution in [1.82, 2.24) is 9.55 Å². The molecular weight excluding hydrogens is 442 g/mol. The second-order valence-electron chi connectivity index (χ2n) is 8.75. The summed E-state index contributed by atoms with van der Waals surface area (Å²) in [6.07, 6.45) is 0. The van der Waals surface area contributed by atoms with Crippen LogP contribution < -0.4 is 10.5 Å². The van der Waals surface area contributed by atoms with E-state index in [4.69, 9.17) is 18.9 Å². The minimum atomic E-state index is -0.440. The summed E-state index contributed by atoms with van der Waals surface area (Å²) < 4.78 is 18.7. The lowest BCUT2D eigenvalue weighted by Crippen LogP contribution is -2.19. The number of aromatic nitrogens is 2. The summed E-state index contributed by atoms with van der Waals surface area (Å²) in [5.41, 5.74) is 7.31. The third kappa shape index (κ3) is 4.28. The minimum Gasteiger partial charge on any atom is -0.496 e. The van der Waals surface area contributed by atoms with Gasteiger partial charge in [0.1, 0.15) is 17.0 Å². The van der Waals surface area contributed by atoms with Crippen LogP contribution in [0.25, 0.3) is 27.6 Å². The lowest BCUT2D eigenvalue weighted by molar-refractivity contribution is 0.182. The average molecular weight is 474 g/mol. The monoisotopic (exact) mass is 473 g/mol. The fourth-order valence-corrected chi connectivity index (χ4v) is 4.65. The minimum absolute atomic E-state index is 0.214. The van der Waals surface area contributed by atoms with E-state index in [1.807, 2.05) is 56.3 Å². The SMILES string of the molecule is C/N=C(/C)C(=C(C)C)c1cc2nc(COC)c3oc(=O)n([C@H](C)c4ccccc4)c3c2cc1OC. The van der Waals surface area contributed by atoms with Gasteiger partial charge in [-0.3, -0.25) is 9.56 Å². The second-order valence-corrected chi connectivity index (χ2v) is 8.75. The van der Waals surface area contributed by atoms with Crippen molar-refractivity contribution in [2.45, 2.75) is 40.3 Å². The number of hydrogen-bond donors (Lipinski definition) is 0. The molecule has 0 aliphatic rings. The van der Waals surface area contributed by atoms with Crippen LogP contribution in [0.4, 0.5) is 0 Å². The number of allylic oxidation sites excluding steroid dienone is 2. The topological polar surface area (TPSA) is 78.9 Å². The van der Waals surface area contributed by atoms with Crippen LogP contribution in [0.15, 0.2) is 62.2 Å². The largest absolute Gasteiger partial charge is 0.496 e. The summed E-state index contributed by atoms with van der Waals surface area (Å²) in [5, 5.41) is 0.772. The molecule has 0 radical (unpaired) electrons. The van der Waals surface area contributed by atoms with E-state index in [-0.39, 0.29) is 12.6 Å². The number of benzene rings is 2. The van der Waals surface area contributed by atoms with E-state index in [2.05, 4.69) is 18.8 Å². The number of ether oxygens (including phenoxy) is 2. The fraction of sp³-hybridized carbons (Fsp3) is 0.321. The second kappa shape index (κ2) is 9.88. The summed E-state index contributed by atoms with van der Waals surface area (Å²) in [4.78, 5) is 22.4. The highest BCUT2D eigenvalue weighted by Crippen LogP contribution is 2.37. The standard InChI is InChI=1S/C28H31N3O4/c1-16(2)25(17(3)29-5)21-13-22-20(14-24(21)34-7)26-27(23(30-22)15-33-6)35-28(32)31(26)18(4)19-11-9-8-10-12-19/h8-14,18H,15H2,1-7H3/b29-17-/t18-/m1/s1. The van der Waals surface area contributed by atoms with E-state index in [1.165, 1.54) is 0 Å². The smallest absolute Gasteiger partial charge is 0.420 e. The number of aliphatic imine (C=N–C) groups is 1. The number of rotatable bonds is 7. The molecule has 0 amide bonds. The lowest BCUT2D eigenvalue weighted by Gasteiger charge is -2.18. The third-order valence-electron chi connectivity index (χ3n) is 6.35. The molecular formula is C28H31N3O4. The van der Waals surface area contributed by atoms with Crippen LogP contribution in [0.5, 0.6) is 5.75 Å². The van der Waals surface area contributed by atoms with Crippen molar-refractivity contribution in [2.75, 3.05) is 21.3 Å². The summed E-state index contributed by atoms with van der Waals surface area (Å²) in [5.74, 6) is 0.233. The number of hydrogen-bond acceptors (Lipinski definition) is 6. The number of pyridine rings is 1. The van der Waals surface area contributed by atoms with Crippen molar-refractivity contribution in [3.8, 4) is 5.75 Å². The molecule has 182 valence electrons. The van der Waals surface area contributed by atoms with E-state index >= 15 is 0 Å². The van der Waals surface area contributed by atoms with Crippen molar-refractivity contribution < 1.29 is 13.9 Å². The maximum absolute atomic E-state index is 13.2. The van der Waals surface area contributed by atoms with E-state index in [9.17, 15) is 4.79 Å². The molecule has 0 aliphatic carbocycles. The third-order valence-corrected chi connectivity index (χ3v) is 6.35. The van der Waals surface area contributed by atoms with Crippen LogP contribution in [0.3, 0.4) is 0 Å². The molecule has 4 aromatic rings. The molecule has 2 heterocycles. The molecule has 7 nitrogen and oxygen atoms in total. The van der Waals surface area contributed by atoms with Crippen LogP contribution in [0, 0.1) is 0 Å². The molecule has 0 unspecified atom stereocenters. The Bertz CT molecular complexity index is 1510. The van der Waals surface area contributed by atoms with Gasteiger partial charge in [0.2, 0.25) is 0 Å². The van der Waals surface area contributed by atoms with E-state index in [0.29, 0.717) is 22.5 Å². The van der Waals surface area contributed by atoms with Gasteiger partial charge in [0.15, 0.2) is 5.58 Å². The molecule has 0 spiro atoms. The average Bonchev–Trinajstić information content (AvgIpc) is 3.21. The van der Waals surface area contributed by atoms with E-state index < -0.39 is 5.76 Å². The van der Waals surface area contributed by atoms with E-state index in [1.54, 1.807) is 25.8 Å². The quantitative estimate of drug-likeness (QED) is 0.317. The first-order valence-electron chi connectivity index (χ1n) is 11.5. The Hall–Kier alpha value is -3.71. The molecule has 1 atom stereocenters. The maximum atomic E-state index is 13.2. The van der Waals surface area contributed by atoms with Gasteiger partial charge in [-0.15, -0.1) is 0 Å². The molecule has 7 heteroatoms. The molecule has 35 heavy (non-hydrogen) atoms. The predicted octanol–water partition coefficient (Wildman–Crippen LogP) is 5.79. The zero-order valence-electron chi connectivity index (χ0n) is 21.3. The first-order valence-corrected chi connectivity index (χ1v) is 11.5. The summed E-state index contributed by atoms with van der Waals surface area (Å²) >= 11 is 0. The van der Waals surface area contributed by atoms with E-state index in [0.717, 1.165) is 38.9 Å². The molecule has 0 saturated heterocycles. The highest BCUT2D eigenvalue weighted by atomic mass is 16.5. The van der Waals surface area contributed by atoms with Crippen molar-refractivity contribution >= 4 is 33.3 Å². The number of oxazole rings is 1. The van der Waals surface area contributed by atoms with Crippen LogP contribution in [-0.2, 0) is 11.3 Å². The van der Waals surface area contributed by atoms with Crippen molar-refractivity contribution in [1.29, 1.82) is 0 Å². The maximum Gasteiger partial charge on any atom is 0.420 e. The number of nitrogens with zero attached hydrogens (tertiary/aromatic N) is 3. The lowest BCUT2D eigenvalue weighted by atomic mass is 9.95. The van der Waals surface area contributed by atoms with Crippen molar-refractivity contribution in [3.05, 3.63) is 75.4 Å². The van der Waals surface area contributed by atoms with Gasteiger partial charge in [-0.2, -0.15) is 0 Å². The zero-order chi connectivity index (χ0) is 25.3. The van der Waals surface area contributed by atoms with Crippen molar-refractivity contribution in [3.63, 3.8) is 0 Å². The van der Waals surface area contributed by atoms with Gasteiger partial charge in [-0.05, 0) is 45.4 Å². The Morgan fingerprint density at radius 2 is 1.86 bits per heavy atom. The molecule has 0 aliphatic heterocycles. The fourth-order valence-electron chi connectivity index (χ4n) is 4.65. The van der Waals surface area contributed by atoms with Crippen LogP contribution >= 0.6 is 0 Å². The summed E-state index contributed by atoms with van der Waals surface area (Å²) in [6, 6.07) is 13.6. The first-order chi connectivity index (χ1) is 16.8. The Labute approximate surface area is 204 Å². The molecule has 0 saturated carbocycles. The highest BCUT2D eigenvalue weighted by Gasteiger charge is 2.24. The van der Waals surface area contributed by atoms with Gasteiger partial charge in [0.25, 0.3) is 0 Å². The Morgan fingerprint density at radius 1 is 1.14 bits per heavy atom. The van der Waals surface area contributed by atoms with Crippen LogP contribution in [-0.4, -0.2) is 36.5 Å². The first kappa shape index (κ1) is 24.4. The van der Waals surface area contributed by atoms with Gasteiger partial charge >= 0.3 is 5.76 Å². The Kier molecular flexibility index (Phi) is 6.89. The van der Waals surface area contributed by atoms with Gasteiger partial charge in [0, 0.05) is 36.4 Å². The van der Waals surface area contributed by atoms with Crippen molar-refractivity contribution in [2.24, 2.45) is 4.99 Å². The molecule has 0 bridgehead atoms. The van der Waals surface area contributed by atoms with Crippen LogP contribution in [0.2, 0.25) is 0 Å². The Balaban J connectivity index is 2.13. The molecule has 0 N–H and O–H groups in total. The molecule has 0 fully saturated rings. The zero-order valence-corrected chi connectivity index (χ0v) is 21.3. The van der Waals surface area contributed by atoms with Gasteiger partial charge in [0.05, 0.1) is 25.3 Å². The number of fused-ring (bicyclic) bond motifs is 3. The number of methoxy groups -OCH3 is 2. The molecule has 2 aromatic carbocycles. The van der Waals surface area contributed by atoms with Gasteiger partial charge < -0.3 is 13.9 Å². The normalized spacial score (nSPS) is 12.8. The predicted molar refractivity (Wildman–Crippen MR) is 141 cm³/mol. The highest BCUT2D eigenvalue weighted by molar-refractivity contribution is 6.25. The summed E-state index contributed by atoms with van der Waals surface area (Å²) in [7, 11) is 5.02. The molecule has 2 aromatic heterocycles. The Morgan fingerprint density at radius 3 is 2.46 bits per heavy atom. The molecule has 4 rings (SSSR count). The summed E-state index contributed by atoms with van der Waals surface area (Å²) in [6.45, 7) is 8.29. The van der Waals surface area contributed by atoms with Gasteiger partial charge in [-0.1, -0.05) is 35.9 Å². The van der Waals surface area contributed by atoms with Gasteiger partial charge in [-0.25, -0.2) is 9.78 Å². The van der Waals surface area contributed by atoms with Crippen LogP contribution in [0.1, 0.15) is 50.6 Å².